The van der Waals surface area contributed by atoms with Gasteiger partial charge in [-0.05, 0) is 0 Å². The Hall–Kier alpha value is -1.92. The van der Waals surface area contributed by atoms with Crippen LogP contribution < -0.4 is 0 Å². The highest BCUT2D eigenvalue weighted by Gasteiger charge is 2.95. The van der Waals surface area contributed by atoms with Gasteiger partial charge < -0.3 is 9.47 Å². The Kier molecular flexibility index (Phi) is 5.94. The third kappa shape index (κ3) is 3.30. The van der Waals surface area contributed by atoms with Gasteiger partial charge in [-0.15, -0.1) is 0 Å². The molecular formula is C11H3F17O3. The lowest BCUT2D eigenvalue weighted by atomic mass is 9.88. The van der Waals surface area contributed by atoms with E-state index in [1.165, 1.54) is 0 Å². The summed E-state index contributed by atoms with van der Waals surface area (Å²) in [6.45, 7) is -2.08. The van der Waals surface area contributed by atoms with E-state index in [1.807, 2.05) is 0 Å². The lowest BCUT2D eigenvalue weighted by Crippen LogP contribution is -2.75. The molecule has 0 saturated carbocycles. The van der Waals surface area contributed by atoms with Crippen LogP contribution >= 0.6 is 0 Å². The standard InChI is InChI=1S/C11H3F17O3/c12-4(13,2-1-30-3(29)31-2)5(14,15)6(16,17)7(18,19)8(20,21)9(22,23)10(24,25)11(26,27)28/h2H,1H2. The van der Waals surface area contributed by atoms with Crippen LogP contribution in [0.25, 0.3) is 0 Å². The molecule has 0 amide bonds. The zero-order valence-electron chi connectivity index (χ0n) is 13.4. The van der Waals surface area contributed by atoms with E-state index in [-0.39, 0.29) is 0 Å². The van der Waals surface area contributed by atoms with Crippen LogP contribution in [0, 0.1) is 0 Å². The van der Waals surface area contributed by atoms with Gasteiger partial charge in [0.25, 0.3) is 0 Å². The Morgan fingerprint density at radius 1 is 0.548 bits per heavy atom. The predicted octanol–water partition coefficient (Wildman–Crippen LogP) is 5.53. The average molecular weight is 506 g/mol. The van der Waals surface area contributed by atoms with Crippen molar-refractivity contribution in [1.82, 2.24) is 0 Å². The molecule has 0 N–H and O–H groups in total. The summed E-state index contributed by atoms with van der Waals surface area (Å²) >= 11 is 0. The van der Waals surface area contributed by atoms with E-state index in [4.69, 9.17) is 0 Å². The molecule has 0 aromatic heterocycles. The molecule has 0 aliphatic carbocycles. The van der Waals surface area contributed by atoms with Crippen molar-refractivity contribution in [3.63, 3.8) is 0 Å². The second kappa shape index (κ2) is 6.79. The maximum Gasteiger partial charge on any atom is 0.509 e. The van der Waals surface area contributed by atoms with Crippen LogP contribution in [-0.2, 0) is 9.47 Å². The van der Waals surface area contributed by atoms with Crippen LogP contribution in [-0.4, -0.2) is 66.5 Å². The number of alkyl halides is 17. The molecular weight excluding hydrogens is 503 g/mol. The molecule has 20 heteroatoms. The van der Waals surface area contributed by atoms with Crippen molar-refractivity contribution in [2.24, 2.45) is 0 Å². The van der Waals surface area contributed by atoms with E-state index >= 15 is 0 Å². The van der Waals surface area contributed by atoms with Crippen LogP contribution in [0.5, 0.6) is 0 Å². The topological polar surface area (TPSA) is 35.5 Å². The third-order valence-electron chi connectivity index (χ3n) is 3.74. The predicted molar refractivity (Wildman–Crippen MR) is 56.9 cm³/mol. The third-order valence-corrected chi connectivity index (χ3v) is 3.74. The highest BCUT2D eigenvalue weighted by atomic mass is 19.4. The molecule has 0 radical (unpaired) electrons. The molecule has 1 rings (SSSR count). The molecule has 31 heavy (non-hydrogen) atoms. The van der Waals surface area contributed by atoms with Crippen molar-refractivity contribution in [1.29, 1.82) is 0 Å². The van der Waals surface area contributed by atoms with Crippen LogP contribution in [0.1, 0.15) is 0 Å². The van der Waals surface area contributed by atoms with Gasteiger partial charge in [-0.2, -0.15) is 74.6 Å². The summed E-state index contributed by atoms with van der Waals surface area (Å²) in [5.41, 5.74) is 0. The van der Waals surface area contributed by atoms with Crippen LogP contribution in [0.2, 0.25) is 0 Å². The lowest BCUT2D eigenvalue weighted by molar-refractivity contribution is -0.463. The number of carbonyl (C=O) groups is 1. The number of rotatable bonds is 7. The van der Waals surface area contributed by atoms with Gasteiger partial charge in [0.05, 0.1) is 0 Å². The lowest BCUT2D eigenvalue weighted by Gasteiger charge is -2.43. The molecule has 0 bridgehead atoms. The molecule has 1 fully saturated rings. The van der Waals surface area contributed by atoms with Gasteiger partial charge in [-0.3, -0.25) is 0 Å². The van der Waals surface area contributed by atoms with E-state index in [9.17, 15) is 79.4 Å². The molecule has 0 spiro atoms. The van der Waals surface area contributed by atoms with E-state index in [1.54, 1.807) is 0 Å². The molecule has 184 valence electrons. The maximum absolute atomic E-state index is 13.5. The largest absolute Gasteiger partial charge is 0.509 e. The zero-order chi connectivity index (χ0) is 25.3. The number of ether oxygens (including phenoxy) is 2. The number of hydrogen-bond donors (Lipinski definition) is 0. The molecule has 0 aromatic carbocycles. The van der Waals surface area contributed by atoms with Crippen molar-refractivity contribution in [3.05, 3.63) is 0 Å². The minimum Gasteiger partial charge on any atom is -0.430 e. The van der Waals surface area contributed by atoms with Crippen LogP contribution in [0.4, 0.5) is 79.4 Å². The highest BCUT2D eigenvalue weighted by Crippen LogP contribution is 2.64. The summed E-state index contributed by atoms with van der Waals surface area (Å²) in [5, 5.41) is 0. The fourth-order valence-electron chi connectivity index (χ4n) is 1.88. The van der Waals surface area contributed by atoms with E-state index < -0.39 is 66.5 Å². The minimum atomic E-state index is -8.70. The number of hydrogen-bond acceptors (Lipinski definition) is 3. The quantitative estimate of drug-likeness (QED) is 0.337. The van der Waals surface area contributed by atoms with Crippen molar-refractivity contribution in [2.45, 2.75) is 53.7 Å². The Morgan fingerprint density at radius 3 is 1.16 bits per heavy atom. The summed E-state index contributed by atoms with van der Waals surface area (Å²) in [5.74, 6) is -57.3. The molecule has 1 atom stereocenters. The Labute approximate surface area is 157 Å². The number of halogens is 17. The Bertz CT molecular complexity index is 709. The summed E-state index contributed by atoms with van der Waals surface area (Å²) in [6, 6.07) is 0. The van der Waals surface area contributed by atoms with Gasteiger partial charge in [0.1, 0.15) is 6.61 Å². The molecule has 1 heterocycles. The first-order valence-corrected chi connectivity index (χ1v) is 6.80. The summed E-state index contributed by atoms with van der Waals surface area (Å²) in [7, 11) is 0. The highest BCUT2D eigenvalue weighted by molar-refractivity contribution is 5.62. The van der Waals surface area contributed by atoms with Crippen molar-refractivity contribution in [3.8, 4) is 0 Å². The first kappa shape index (κ1) is 27.1. The molecule has 1 saturated heterocycles. The van der Waals surface area contributed by atoms with Crippen molar-refractivity contribution < 1.29 is 88.9 Å². The van der Waals surface area contributed by atoms with Gasteiger partial charge in [0.15, 0.2) is 0 Å². The number of cyclic esters (lactones) is 2. The molecule has 1 aliphatic heterocycles. The second-order valence-electron chi connectivity index (χ2n) is 5.73. The van der Waals surface area contributed by atoms with Crippen LogP contribution in [0.3, 0.4) is 0 Å². The first-order valence-electron chi connectivity index (χ1n) is 6.80. The summed E-state index contributed by atoms with van der Waals surface area (Å²) in [6.07, 6.45) is -14.0. The monoisotopic (exact) mass is 506 g/mol. The normalized spacial score (nSPS) is 20.5. The van der Waals surface area contributed by atoms with Gasteiger partial charge in [0.2, 0.25) is 6.10 Å². The van der Waals surface area contributed by atoms with E-state index in [2.05, 4.69) is 9.47 Å². The van der Waals surface area contributed by atoms with Crippen molar-refractivity contribution >= 4 is 6.16 Å². The fraction of sp³-hybridized carbons (Fsp3) is 0.909. The van der Waals surface area contributed by atoms with Gasteiger partial charge >= 0.3 is 53.8 Å². The van der Waals surface area contributed by atoms with E-state index in [0.29, 0.717) is 0 Å². The van der Waals surface area contributed by atoms with Crippen LogP contribution in [0.15, 0.2) is 0 Å². The molecule has 0 aromatic rings. The first-order chi connectivity index (χ1) is 13.2. The number of carbonyl (C=O) groups excluding carboxylic acids is 1. The smallest absolute Gasteiger partial charge is 0.430 e. The Morgan fingerprint density at radius 2 is 0.871 bits per heavy atom. The Balaban J connectivity index is 3.59. The SMILES string of the molecule is O=C1OCC(C(F)(F)C(F)(F)C(F)(F)C(F)(F)C(F)(F)C(F)(F)C(F)(F)C(F)(F)F)O1. The van der Waals surface area contributed by atoms with Gasteiger partial charge in [0, 0.05) is 0 Å². The molecule has 1 aliphatic rings. The molecule has 3 nitrogen and oxygen atoms in total. The summed E-state index contributed by atoms with van der Waals surface area (Å²) in [4.78, 5) is 10.4. The van der Waals surface area contributed by atoms with Crippen molar-refractivity contribution in [2.75, 3.05) is 6.61 Å². The second-order valence-corrected chi connectivity index (χ2v) is 5.73. The summed E-state index contributed by atoms with van der Waals surface area (Å²) < 4.78 is 227. The van der Waals surface area contributed by atoms with Gasteiger partial charge in [-0.1, -0.05) is 0 Å². The minimum absolute atomic E-state index is 2.08. The molecule has 1 unspecified atom stereocenters. The van der Waals surface area contributed by atoms with Gasteiger partial charge in [-0.25, -0.2) is 4.79 Å². The average Bonchev–Trinajstić information content (AvgIpc) is 2.99. The fourth-order valence-corrected chi connectivity index (χ4v) is 1.88. The van der Waals surface area contributed by atoms with E-state index in [0.717, 1.165) is 0 Å². The zero-order valence-corrected chi connectivity index (χ0v) is 13.4. The maximum atomic E-state index is 13.5.